The van der Waals surface area contributed by atoms with Crippen molar-refractivity contribution >= 4 is 0 Å². The lowest BCUT2D eigenvalue weighted by atomic mass is 9.82. The van der Waals surface area contributed by atoms with Crippen LogP contribution in [-0.4, -0.2) is 22.9 Å². The molecule has 2 rings (SSSR count). The zero-order valence-electron chi connectivity index (χ0n) is 6.95. The highest BCUT2D eigenvalue weighted by Crippen LogP contribution is 2.39. The molecule has 0 radical (unpaired) electrons. The second kappa shape index (κ2) is 2.08. The van der Waals surface area contributed by atoms with Gasteiger partial charge in [0.1, 0.15) is 0 Å². The minimum absolute atomic E-state index is 0.167. The summed E-state index contributed by atoms with van der Waals surface area (Å²) < 4.78 is 5.54. The van der Waals surface area contributed by atoms with Crippen molar-refractivity contribution in [3.8, 4) is 0 Å². The zero-order chi connectivity index (χ0) is 8.06. The molecule has 2 nitrogen and oxygen atoms in total. The fraction of sp³-hybridized carbons (Fsp3) is 0.778. The van der Waals surface area contributed by atoms with Crippen molar-refractivity contribution in [1.29, 1.82) is 0 Å². The molecule has 1 N–H and O–H groups in total. The van der Waals surface area contributed by atoms with Crippen LogP contribution >= 0.6 is 0 Å². The lowest BCUT2D eigenvalue weighted by Gasteiger charge is -2.28. The Bertz CT molecular complexity index is 190. The first-order chi connectivity index (χ1) is 5.07. The number of ether oxygens (including phenoxy) is 1. The van der Waals surface area contributed by atoms with E-state index in [0.717, 1.165) is 6.42 Å². The van der Waals surface area contributed by atoms with Gasteiger partial charge >= 0.3 is 0 Å². The van der Waals surface area contributed by atoms with Crippen LogP contribution in [0.15, 0.2) is 12.2 Å². The van der Waals surface area contributed by atoms with E-state index in [1.54, 1.807) is 0 Å². The molecular formula is C9H14O2. The Hall–Kier alpha value is -0.340. The molecule has 3 atom stereocenters. The Morgan fingerprint density at radius 3 is 2.45 bits per heavy atom. The fourth-order valence-corrected chi connectivity index (χ4v) is 1.96. The molecule has 0 aromatic carbocycles. The molecule has 3 unspecified atom stereocenters. The third-order valence-corrected chi connectivity index (χ3v) is 2.64. The Morgan fingerprint density at radius 1 is 1.45 bits per heavy atom. The number of rotatable bonds is 1. The third kappa shape index (κ3) is 1.10. The van der Waals surface area contributed by atoms with Gasteiger partial charge in [0, 0.05) is 5.92 Å². The Labute approximate surface area is 66.9 Å². The molecule has 2 heteroatoms. The molecule has 0 aromatic heterocycles. The highest BCUT2D eigenvalue weighted by Gasteiger charge is 2.43. The molecule has 1 saturated heterocycles. The number of aliphatic hydroxyl groups is 1. The maximum absolute atomic E-state index is 9.73. The van der Waals surface area contributed by atoms with Gasteiger partial charge in [0.05, 0.1) is 17.8 Å². The van der Waals surface area contributed by atoms with Gasteiger partial charge in [0.2, 0.25) is 0 Å². The van der Waals surface area contributed by atoms with Crippen LogP contribution in [0.1, 0.15) is 20.3 Å². The van der Waals surface area contributed by atoms with E-state index < -0.39 is 5.60 Å². The van der Waals surface area contributed by atoms with Gasteiger partial charge < -0.3 is 9.84 Å². The fourth-order valence-electron chi connectivity index (χ4n) is 1.96. The average molecular weight is 154 g/mol. The minimum atomic E-state index is -0.593. The van der Waals surface area contributed by atoms with E-state index in [-0.39, 0.29) is 18.1 Å². The van der Waals surface area contributed by atoms with E-state index in [4.69, 9.17) is 4.74 Å². The highest BCUT2D eigenvalue weighted by atomic mass is 16.5. The smallest absolute Gasteiger partial charge is 0.0821 e. The van der Waals surface area contributed by atoms with Crippen molar-refractivity contribution in [2.24, 2.45) is 5.92 Å². The SMILES string of the molecule is CC(C)(O)C1CC2C=CC1O2. The molecule has 0 aliphatic carbocycles. The van der Waals surface area contributed by atoms with Crippen LogP contribution in [-0.2, 0) is 4.74 Å². The normalized spacial score (nSPS) is 41.9. The van der Waals surface area contributed by atoms with Crippen LogP contribution in [0.3, 0.4) is 0 Å². The van der Waals surface area contributed by atoms with E-state index in [0.29, 0.717) is 0 Å². The van der Waals surface area contributed by atoms with Crippen LogP contribution in [0.25, 0.3) is 0 Å². The average Bonchev–Trinajstić information content (AvgIpc) is 2.42. The van der Waals surface area contributed by atoms with Gasteiger partial charge in [-0.05, 0) is 20.3 Å². The van der Waals surface area contributed by atoms with Crippen molar-refractivity contribution in [2.75, 3.05) is 0 Å². The molecule has 2 bridgehead atoms. The Balaban J connectivity index is 2.15. The second-order valence-electron chi connectivity index (χ2n) is 4.02. The van der Waals surface area contributed by atoms with Crippen molar-refractivity contribution in [3.63, 3.8) is 0 Å². The number of hydrogen-bond donors (Lipinski definition) is 1. The predicted octanol–water partition coefficient (Wildman–Crippen LogP) is 1.10. The third-order valence-electron chi connectivity index (χ3n) is 2.64. The van der Waals surface area contributed by atoms with Crippen LogP contribution < -0.4 is 0 Å². The summed E-state index contributed by atoms with van der Waals surface area (Å²) in [6.07, 6.45) is 5.57. The maximum atomic E-state index is 9.73. The van der Waals surface area contributed by atoms with Crippen molar-refractivity contribution < 1.29 is 9.84 Å². The van der Waals surface area contributed by atoms with Gasteiger partial charge in [0.25, 0.3) is 0 Å². The zero-order valence-corrected chi connectivity index (χ0v) is 6.95. The minimum Gasteiger partial charge on any atom is -0.390 e. The monoisotopic (exact) mass is 154 g/mol. The van der Waals surface area contributed by atoms with Crippen LogP contribution in [0.5, 0.6) is 0 Å². The quantitative estimate of drug-likeness (QED) is 0.573. The van der Waals surface area contributed by atoms with E-state index in [2.05, 4.69) is 12.2 Å². The summed E-state index contributed by atoms with van der Waals surface area (Å²) in [5.74, 6) is 0.289. The summed E-state index contributed by atoms with van der Waals surface area (Å²) in [6, 6.07) is 0. The summed E-state index contributed by atoms with van der Waals surface area (Å²) in [7, 11) is 0. The van der Waals surface area contributed by atoms with Gasteiger partial charge in [0.15, 0.2) is 0 Å². The molecule has 62 valence electrons. The molecule has 11 heavy (non-hydrogen) atoms. The van der Waals surface area contributed by atoms with E-state index in [1.165, 1.54) is 0 Å². The Morgan fingerprint density at radius 2 is 2.18 bits per heavy atom. The van der Waals surface area contributed by atoms with E-state index in [1.807, 2.05) is 13.8 Å². The predicted molar refractivity (Wildman–Crippen MR) is 42.2 cm³/mol. The molecule has 0 aromatic rings. The lowest BCUT2D eigenvalue weighted by Crippen LogP contribution is -2.36. The van der Waals surface area contributed by atoms with E-state index in [9.17, 15) is 5.11 Å². The van der Waals surface area contributed by atoms with Gasteiger partial charge in [-0.15, -0.1) is 0 Å². The lowest BCUT2D eigenvalue weighted by molar-refractivity contribution is -0.00686. The first-order valence-electron chi connectivity index (χ1n) is 4.13. The van der Waals surface area contributed by atoms with Gasteiger partial charge in [-0.2, -0.15) is 0 Å². The van der Waals surface area contributed by atoms with Crippen molar-refractivity contribution in [1.82, 2.24) is 0 Å². The van der Waals surface area contributed by atoms with Gasteiger partial charge in [-0.1, -0.05) is 12.2 Å². The molecular weight excluding hydrogens is 140 g/mol. The summed E-state index contributed by atoms with van der Waals surface area (Å²) >= 11 is 0. The largest absolute Gasteiger partial charge is 0.390 e. The maximum Gasteiger partial charge on any atom is 0.0821 e. The summed E-state index contributed by atoms with van der Waals surface area (Å²) in [4.78, 5) is 0. The first kappa shape index (κ1) is 7.32. The molecule has 2 aliphatic heterocycles. The summed E-state index contributed by atoms with van der Waals surface area (Å²) in [5, 5.41) is 9.73. The molecule has 0 amide bonds. The number of fused-ring (bicyclic) bond motifs is 2. The molecule has 1 fully saturated rings. The molecule has 2 heterocycles. The molecule has 0 spiro atoms. The van der Waals surface area contributed by atoms with E-state index >= 15 is 0 Å². The van der Waals surface area contributed by atoms with Crippen LogP contribution in [0, 0.1) is 5.92 Å². The first-order valence-corrected chi connectivity index (χ1v) is 4.13. The molecule has 0 saturated carbocycles. The van der Waals surface area contributed by atoms with Crippen LogP contribution in [0.4, 0.5) is 0 Å². The topological polar surface area (TPSA) is 29.5 Å². The number of hydrogen-bond acceptors (Lipinski definition) is 2. The highest BCUT2D eigenvalue weighted by molar-refractivity contribution is 5.13. The van der Waals surface area contributed by atoms with Gasteiger partial charge in [-0.3, -0.25) is 0 Å². The standard InChI is InChI=1S/C9H14O2/c1-9(2,10)7-5-6-3-4-8(7)11-6/h3-4,6-8,10H,5H2,1-2H3. The van der Waals surface area contributed by atoms with Crippen LogP contribution in [0.2, 0.25) is 0 Å². The summed E-state index contributed by atoms with van der Waals surface area (Å²) in [6.45, 7) is 3.71. The van der Waals surface area contributed by atoms with Gasteiger partial charge in [-0.25, -0.2) is 0 Å². The summed E-state index contributed by atoms with van der Waals surface area (Å²) in [5.41, 5.74) is -0.593. The second-order valence-corrected chi connectivity index (χ2v) is 4.02. The van der Waals surface area contributed by atoms with Crippen molar-refractivity contribution in [2.45, 2.75) is 38.1 Å². The Kier molecular flexibility index (Phi) is 1.38. The van der Waals surface area contributed by atoms with Crippen molar-refractivity contribution in [3.05, 3.63) is 12.2 Å². The molecule has 2 aliphatic rings.